The first-order valence-electron chi connectivity index (χ1n) is 15.1. The fourth-order valence-corrected chi connectivity index (χ4v) is 7.65. The molecule has 2 aromatic carbocycles. The molecule has 0 fully saturated rings. The summed E-state index contributed by atoms with van der Waals surface area (Å²) in [7, 11) is 0. The Bertz CT molecular complexity index is 2460. The smallest absolute Gasteiger partial charge is 0.0737 e. The molecule has 0 saturated carbocycles. The van der Waals surface area contributed by atoms with Gasteiger partial charge in [0, 0.05) is 42.9 Å². The quantitative estimate of drug-likeness (QED) is 0.204. The van der Waals surface area contributed by atoms with Crippen molar-refractivity contribution >= 4 is 69.0 Å². The highest BCUT2D eigenvalue weighted by Gasteiger charge is 2.16. The number of aromatic nitrogens is 4. The molecule has 0 atom stereocenters. The molecule has 0 amide bonds. The van der Waals surface area contributed by atoms with Crippen LogP contribution in [0.25, 0.3) is 89.5 Å². The maximum atomic E-state index is 5.36. The van der Waals surface area contributed by atoms with Crippen molar-refractivity contribution < 1.29 is 0 Å². The molecule has 7 heterocycles. The Morgan fingerprint density at radius 3 is 1.61 bits per heavy atom. The molecular weight excluding hydrogens is 601 g/mol. The minimum atomic E-state index is 0.909. The van der Waals surface area contributed by atoms with Gasteiger partial charge in [-0.1, -0.05) is 54.6 Å². The van der Waals surface area contributed by atoms with Gasteiger partial charge in [0.1, 0.15) is 0 Å². The summed E-state index contributed by atoms with van der Waals surface area (Å²) in [5.41, 5.74) is 14.4. The number of H-pyrrole nitrogens is 2. The standard InChI is InChI=1S/C40H26N4S2/c1-4-27(38-7-3-21-46-38)22-28(5-1)40-34-17-15-32(43-34)24-30-13-12-29(41-30)23-31-14-16-33(42-31)39(35-18-19-36(40)44-35)26-10-8-25(9-11-26)37-6-2-20-45-37/h1-24,42-43H. The molecule has 5 aromatic heterocycles. The number of hydrogen-bond acceptors (Lipinski definition) is 4. The van der Waals surface area contributed by atoms with Crippen LogP contribution < -0.4 is 0 Å². The van der Waals surface area contributed by atoms with Gasteiger partial charge < -0.3 is 9.97 Å². The van der Waals surface area contributed by atoms with Crippen LogP contribution in [0.1, 0.15) is 22.8 Å². The minimum Gasteiger partial charge on any atom is -0.355 e. The third-order valence-corrected chi connectivity index (χ3v) is 10.2. The zero-order valence-corrected chi connectivity index (χ0v) is 26.2. The van der Waals surface area contributed by atoms with Crippen molar-refractivity contribution in [3.63, 3.8) is 0 Å². The highest BCUT2D eigenvalue weighted by Crippen LogP contribution is 2.37. The van der Waals surface area contributed by atoms with Gasteiger partial charge in [0.2, 0.25) is 0 Å². The minimum absolute atomic E-state index is 0.909. The number of aromatic amines is 2. The van der Waals surface area contributed by atoms with Crippen molar-refractivity contribution in [2.24, 2.45) is 0 Å². The first-order chi connectivity index (χ1) is 22.7. The molecule has 0 aliphatic carbocycles. The van der Waals surface area contributed by atoms with Crippen molar-refractivity contribution in [3.8, 4) is 43.1 Å². The normalized spacial score (nSPS) is 12.2. The molecule has 9 rings (SSSR count). The molecule has 7 aromatic rings. The lowest BCUT2D eigenvalue weighted by atomic mass is 10.0. The number of nitrogens with one attached hydrogen (secondary N) is 2. The molecule has 0 radical (unpaired) electrons. The highest BCUT2D eigenvalue weighted by atomic mass is 32.1. The Hall–Kier alpha value is -5.56. The maximum absolute atomic E-state index is 5.36. The Balaban J connectivity index is 1.34. The Labute approximate surface area is 273 Å². The summed E-state index contributed by atoms with van der Waals surface area (Å²) in [6.07, 6.45) is 8.40. The fraction of sp³-hybridized carbons (Fsp3) is 0. The zero-order chi connectivity index (χ0) is 30.5. The molecular formula is C40H26N4S2. The lowest BCUT2D eigenvalue weighted by Crippen LogP contribution is -1.88. The van der Waals surface area contributed by atoms with E-state index in [0.717, 1.165) is 67.1 Å². The number of hydrogen-bond donors (Lipinski definition) is 2. The first-order valence-corrected chi connectivity index (χ1v) is 16.9. The molecule has 46 heavy (non-hydrogen) atoms. The van der Waals surface area contributed by atoms with E-state index in [4.69, 9.17) is 9.97 Å². The summed E-state index contributed by atoms with van der Waals surface area (Å²) in [4.78, 5) is 20.1. The summed E-state index contributed by atoms with van der Waals surface area (Å²) in [6, 6.07) is 38.8. The van der Waals surface area contributed by atoms with E-state index in [-0.39, 0.29) is 0 Å². The van der Waals surface area contributed by atoms with Gasteiger partial charge >= 0.3 is 0 Å². The predicted octanol–water partition coefficient (Wildman–Crippen LogP) is 11.4. The average Bonchev–Trinajstić information content (AvgIpc) is 3.92. The number of thiophene rings is 2. The van der Waals surface area contributed by atoms with Crippen molar-refractivity contribution in [1.29, 1.82) is 0 Å². The van der Waals surface area contributed by atoms with Gasteiger partial charge in [0.05, 0.1) is 22.8 Å². The summed E-state index contributed by atoms with van der Waals surface area (Å²) < 4.78 is 0. The Morgan fingerprint density at radius 2 is 1.00 bits per heavy atom. The highest BCUT2D eigenvalue weighted by molar-refractivity contribution is 7.13. The summed E-state index contributed by atoms with van der Waals surface area (Å²) in [6.45, 7) is 0. The summed E-state index contributed by atoms with van der Waals surface area (Å²) in [5.74, 6) is 0. The molecule has 0 unspecified atom stereocenters. The number of fused-ring (bicyclic) bond motifs is 8. The van der Waals surface area contributed by atoms with E-state index in [9.17, 15) is 0 Å². The maximum Gasteiger partial charge on any atom is 0.0737 e. The van der Waals surface area contributed by atoms with E-state index in [2.05, 4.69) is 154 Å². The number of benzene rings is 2. The second-order valence-electron chi connectivity index (χ2n) is 11.3. The van der Waals surface area contributed by atoms with E-state index >= 15 is 0 Å². The van der Waals surface area contributed by atoms with Crippen LogP contribution in [0.5, 0.6) is 0 Å². The van der Waals surface area contributed by atoms with Crippen LogP contribution in [-0.2, 0) is 0 Å². The molecule has 2 N–H and O–H groups in total. The van der Waals surface area contributed by atoms with E-state index < -0.39 is 0 Å². The molecule has 0 saturated heterocycles. The second-order valence-corrected chi connectivity index (χ2v) is 13.2. The van der Waals surface area contributed by atoms with Crippen LogP contribution in [0.2, 0.25) is 0 Å². The van der Waals surface area contributed by atoms with Gasteiger partial charge in [-0.3, -0.25) is 0 Å². The van der Waals surface area contributed by atoms with Gasteiger partial charge in [-0.05, 0) is 112 Å². The molecule has 4 nitrogen and oxygen atoms in total. The second kappa shape index (κ2) is 11.1. The number of rotatable bonds is 4. The third-order valence-electron chi connectivity index (χ3n) is 8.33. The molecule has 218 valence electrons. The van der Waals surface area contributed by atoms with Crippen LogP contribution in [0.15, 0.2) is 120 Å². The lowest BCUT2D eigenvalue weighted by molar-refractivity contribution is 1.31. The van der Waals surface area contributed by atoms with Crippen molar-refractivity contribution in [2.45, 2.75) is 0 Å². The van der Waals surface area contributed by atoms with Gasteiger partial charge in [0.15, 0.2) is 0 Å². The number of nitrogens with zero attached hydrogens (tertiary/aromatic N) is 2. The molecule has 2 aliphatic rings. The molecule has 2 aliphatic heterocycles. The molecule has 6 heteroatoms. The van der Waals surface area contributed by atoms with Crippen LogP contribution >= 0.6 is 22.7 Å². The van der Waals surface area contributed by atoms with Crippen molar-refractivity contribution in [3.05, 3.63) is 143 Å². The van der Waals surface area contributed by atoms with Crippen molar-refractivity contribution in [2.75, 3.05) is 0 Å². The topological polar surface area (TPSA) is 57.4 Å². The average molecular weight is 627 g/mol. The fourth-order valence-electron chi connectivity index (χ4n) is 6.20. The van der Waals surface area contributed by atoms with Gasteiger partial charge in [-0.2, -0.15) is 0 Å². The predicted molar refractivity (Wildman–Crippen MR) is 196 cm³/mol. The zero-order valence-electron chi connectivity index (χ0n) is 24.6. The van der Waals surface area contributed by atoms with E-state index in [1.165, 1.54) is 20.9 Å². The first kappa shape index (κ1) is 26.8. The van der Waals surface area contributed by atoms with Gasteiger partial charge in [-0.15, -0.1) is 22.7 Å². The Morgan fingerprint density at radius 1 is 0.435 bits per heavy atom. The van der Waals surface area contributed by atoms with E-state index in [1.54, 1.807) is 22.7 Å². The van der Waals surface area contributed by atoms with Crippen LogP contribution in [-0.4, -0.2) is 19.9 Å². The SMILES string of the molecule is C1=Cc2cc3ccc([nH]3)c(-c3cccc(-c4cccs4)c3)c3nc(c(-c4ccc(-c5cccs5)cc4)c4ccc(cc1n2)[nH]4)C=C3. The van der Waals surface area contributed by atoms with Crippen LogP contribution in [0, 0.1) is 0 Å². The van der Waals surface area contributed by atoms with Crippen LogP contribution in [0.3, 0.4) is 0 Å². The molecule has 8 bridgehead atoms. The van der Waals surface area contributed by atoms with E-state index in [0.29, 0.717) is 0 Å². The molecule has 0 spiro atoms. The van der Waals surface area contributed by atoms with Gasteiger partial charge in [-0.25, -0.2) is 9.97 Å². The third kappa shape index (κ3) is 4.94. The monoisotopic (exact) mass is 626 g/mol. The van der Waals surface area contributed by atoms with Crippen LogP contribution in [0.4, 0.5) is 0 Å². The summed E-state index contributed by atoms with van der Waals surface area (Å²) >= 11 is 3.50. The van der Waals surface area contributed by atoms with Gasteiger partial charge in [0.25, 0.3) is 0 Å². The van der Waals surface area contributed by atoms with Crippen molar-refractivity contribution in [1.82, 2.24) is 19.9 Å². The van der Waals surface area contributed by atoms with E-state index in [1.807, 2.05) is 0 Å². The largest absolute Gasteiger partial charge is 0.355 e. The Kier molecular flexibility index (Phi) is 6.47. The lowest BCUT2D eigenvalue weighted by Gasteiger charge is -2.07. The summed E-state index contributed by atoms with van der Waals surface area (Å²) in [5, 5.41) is 4.24.